The molecule has 0 aromatic heterocycles. The zero-order valence-electron chi connectivity index (χ0n) is 29.6. The average Bonchev–Trinajstić information content (AvgIpc) is 3.06. The minimum absolute atomic E-state index is 0.358. The summed E-state index contributed by atoms with van der Waals surface area (Å²) in [5, 5.41) is 3.56. The Labute approximate surface area is 282 Å². The summed E-state index contributed by atoms with van der Waals surface area (Å²) < 4.78 is 12.4. The predicted octanol–water partition coefficient (Wildman–Crippen LogP) is 6.29. The molecule has 8 heteroatoms. The van der Waals surface area contributed by atoms with E-state index in [1.54, 1.807) is 0 Å². The van der Waals surface area contributed by atoms with E-state index in [-0.39, 0.29) is 5.97 Å². The Morgan fingerprint density at radius 1 is 0.723 bits per heavy atom. The molecule has 0 aliphatic carbocycles. The molecule has 1 aliphatic heterocycles. The van der Waals surface area contributed by atoms with Crippen molar-refractivity contribution < 1.29 is 14.3 Å². The van der Waals surface area contributed by atoms with Crippen molar-refractivity contribution in [3.05, 3.63) is 95.1 Å². The number of esters is 1. The van der Waals surface area contributed by atoms with Crippen LogP contribution in [0.15, 0.2) is 72.8 Å². The second kappa shape index (κ2) is 17.3. The predicted molar refractivity (Wildman–Crippen MR) is 196 cm³/mol. The Bertz CT molecular complexity index is 1420. The highest BCUT2D eigenvalue weighted by Gasteiger charge is 2.38. The molecule has 1 aliphatic rings. The Balaban J connectivity index is 1.69. The molecule has 1 atom stereocenters. The highest BCUT2D eigenvalue weighted by molar-refractivity contribution is 6.01. The normalized spacial score (nSPS) is 15.5. The molecule has 3 aromatic carbocycles. The Morgan fingerprint density at radius 2 is 1.32 bits per heavy atom. The molecule has 0 saturated carbocycles. The summed E-state index contributed by atoms with van der Waals surface area (Å²) in [6.45, 7) is 5.63. The summed E-state index contributed by atoms with van der Waals surface area (Å²) in [5.41, 5.74) is 4.45. The fraction of sp³-hybridized carbons (Fsp3) is 0.462. The number of fused-ring (bicyclic) bond motifs is 1. The summed E-state index contributed by atoms with van der Waals surface area (Å²) in [5.74, 6) is 0.300. The van der Waals surface area contributed by atoms with Crippen molar-refractivity contribution in [2.75, 3.05) is 98.9 Å². The van der Waals surface area contributed by atoms with Crippen molar-refractivity contribution in [2.24, 2.45) is 0 Å². The molecule has 0 saturated heterocycles. The van der Waals surface area contributed by atoms with Gasteiger partial charge in [0.05, 0.1) is 18.4 Å². The van der Waals surface area contributed by atoms with Gasteiger partial charge in [0, 0.05) is 42.0 Å². The zero-order valence-corrected chi connectivity index (χ0v) is 29.6. The summed E-state index contributed by atoms with van der Waals surface area (Å²) in [6, 6.07) is 22.9. The van der Waals surface area contributed by atoms with Gasteiger partial charge in [-0.05, 0) is 124 Å². The molecule has 0 spiro atoms. The van der Waals surface area contributed by atoms with Crippen LogP contribution in [0.5, 0.6) is 5.75 Å². The van der Waals surface area contributed by atoms with E-state index < -0.39 is 5.60 Å². The molecule has 47 heavy (non-hydrogen) atoms. The van der Waals surface area contributed by atoms with Gasteiger partial charge in [0.1, 0.15) is 5.75 Å². The molecule has 0 radical (unpaired) electrons. The Hall–Kier alpha value is -3.85. The first kappa shape index (κ1) is 36.0. The number of carbonyl (C=O) groups excluding carboxylic acids is 1. The third-order valence-corrected chi connectivity index (χ3v) is 8.61. The van der Waals surface area contributed by atoms with Gasteiger partial charge in [0.15, 0.2) is 5.60 Å². The zero-order chi connectivity index (χ0) is 33.8. The van der Waals surface area contributed by atoms with Gasteiger partial charge in [-0.25, -0.2) is 4.79 Å². The number of carbonyl (C=O) groups is 1. The van der Waals surface area contributed by atoms with Crippen molar-refractivity contribution in [1.29, 1.82) is 0 Å². The number of rotatable bonds is 18. The van der Waals surface area contributed by atoms with Gasteiger partial charge in [0.25, 0.3) is 0 Å². The van der Waals surface area contributed by atoms with Gasteiger partial charge in [-0.15, -0.1) is 0 Å². The van der Waals surface area contributed by atoms with Crippen molar-refractivity contribution in [3.8, 4) is 5.75 Å². The van der Waals surface area contributed by atoms with Crippen molar-refractivity contribution in [2.45, 2.75) is 31.3 Å². The number of methoxy groups -OCH3 is 1. The van der Waals surface area contributed by atoms with Crippen molar-refractivity contribution in [1.82, 2.24) is 14.7 Å². The molecule has 3 aromatic rings. The molecule has 0 fully saturated rings. The standard InChI is InChI=1S/C39H55N5O3/c1-41(2)26-12-11-25-40-33-19-17-32(18-20-33)39(31-15-9-8-10-16-31)24-23-34-36(47-39)22-21-35(37(34)38(45)46-7)44(29-13-27-42(3)4)30-14-28-43(5)6/h8-10,15-24,40H,11-14,25-30H2,1-7H3. The number of nitrogens with zero attached hydrogens (tertiary/aromatic N) is 4. The van der Waals surface area contributed by atoms with Gasteiger partial charge < -0.3 is 34.4 Å². The van der Waals surface area contributed by atoms with Gasteiger partial charge >= 0.3 is 5.97 Å². The molecule has 4 rings (SSSR count). The van der Waals surface area contributed by atoms with Crippen LogP contribution in [0.3, 0.4) is 0 Å². The Kier molecular flexibility index (Phi) is 13.3. The number of anilines is 2. The Morgan fingerprint density at radius 3 is 1.91 bits per heavy atom. The summed E-state index contributed by atoms with van der Waals surface area (Å²) in [7, 11) is 14.0. The van der Waals surface area contributed by atoms with E-state index in [0.29, 0.717) is 11.3 Å². The number of hydrogen-bond donors (Lipinski definition) is 1. The summed E-state index contributed by atoms with van der Waals surface area (Å²) >= 11 is 0. The van der Waals surface area contributed by atoms with E-state index in [4.69, 9.17) is 9.47 Å². The minimum atomic E-state index is -0.857. The molecule has 254 valence electrons. The van der Waals surface area contributed by atoms with E-state index in [1.165, 1.54) is 7.11 Å². The molecular formula is C39H55N5O3. The van der Waals surface area contributed by atoms with Crippen molar-refractivity contribution >= 4 is 23.4 Å². The maximum Gasteiger partial charge on any atom is 0.340 e. The topological polar surface area (TPSA) is 60.5 Å². The highest BCUT2D eigenvalue weighted by atomic mass is 16.5. The molecule has 1 heterocycles. The maximum atomic E-state index is 13.5. The number of nitrogens with one attached hydrogen (secondary N) is 1. The summed E-state index contributed by atoms with van der Waals surface area (Å²) in [6.07, 6.45) is 8.38. The van der Waals surface area contributed by atoms with Crippen LogP contribution in [0, 0.1) is 0 Å². The third kappa shape index (κ3) is 9.60. The minimum Gasteiger partial charge on any atom is -0.473 e. The molecule has 8 nitrogen and oxygen atoms in total. The lowest BCUT2D eigenvalue weighted by Gasteiger charge is -2.37. The van der Waals surface area contributed by atoms with E-state index in [9.17, 15) is 4.79 Å². The van der Waals surface area contributed by atoms with E-state index in [1.807, 2.05) is 30.3 Å². The van der Waals surface area contributed by atoms with Crippen LogP contribution in [0.25, 0.3) is 6.08 Å². The molecule has 0 amide bonds. The lowest BCUT2D eigenvalue weighted by Crippen LogP contribution is -2.35. The number of benzene rings is 3. The van der Waals surface area contributed by atoms with Gasteiger partial charge in [-0.2, -0.15) is 0 Å². The fourth-order valence-corrected chi connectivity index (χ4v) is 6.12. The SMILES string of the molecule is COC(=O)c1c(N(CCCN(C)C)CCCN(C)C)ccc2c1C=CC(c1ccccc1)(c1ccc(NCCCCN(C)C)cc1)O2. The number of unbranched alkanes of at least 4 members (excludes halogenated alkanes) is 1. The second-order valence-electron chi connectivity index (χ2n) is 13.2. The van der Waals surface area contributed by atoms with Crippen LogP contribution >= 0.6 is 0 Å². The van der Waals surface area contributed by atoms with E-state index in [2.05, 4.69) is 116 Å². The van der Waals surface area contributed by atoms with E-state index >= 15 is 0 Å². The lowest BCUT2D eigenvalue weighted by atomic mass is 9.83. The maximum absolute atomic E-state index is 13.5. The largest absolute Gasteiger partial charge is 0.473 e. The molecule has 0 bridgehead atoms. The van der Waals surface area contributed by atoms with Crippen LogP contribution < -0.4 is 15.0 Å². The first-order chi connectivity index (χ1) is 22.6. The smallest absolute Gasteiger partial charge is 0.340 e. The van der Waals surface area contributed by atoms with Gasteiger partial charge in [-0.3, -0.25) is 0 Å². The first-order valence-electron chi connectivity index (χ1n) is 16.9. The van der Waals surface area contributed by atoms with Crippen LogP contribution in [0.4, 0.5) is 11.4 Å². The van der Waals surface area contributed by atoms with Gasteiger partial charge in [-0.1, -0.05) is 42.5 Å². The number of hydrogen-bond acceptors (Lipinski definition) is 8. The molecular weight excluding hydrogens is 586 g/mol. The monoisotopic (exact) mass is 641 g/mol. The van der Waals surface area contributed by atoms with Gasteiger partial charge in [0.2, 0.25) is 0 Å². The number of ether oxygens (including phenoxy) is 2. The second-order valence-corrected chi connectivity index (χ2v) is 13.2. The van der Waals surface area contributed by atoms with Crippen LogP contribution in [0.1, 0.15) is 52.7 Å². The van der Waals surface area contributed by atoms with Crippen LogP contribution in [0.2, 0.25) is 0 Å². The average molecular weight is 642 g/mol. The van der Waals surface area contributed by atoms with Crippen LogP contribution in [-0.4, -0.2) is 109 Å². The first-order valence-corrected chi connectivity index (χ1v) is 16.9. The summed E-state index contributed by atoms with van der Waals surface area (Å²) in [4.78, 5) is 22.5. The van der Waals surface area contributed by atoms with Crippen LogP contribution in [-0.2, 0) is 10.3 Å². The molecule has 1 unspecified atom stereocenters. The highest BCUT2D eigenvalue weighted by Crippen LogP contribution is 2.45. The van der Waals surface area contributed by atoms with Crippen molar-refractivity contribution in [3.63, 3.8) is 0 Å². The quantitative estimate of drug-likeness (QED) is 0.129. The third-order valence-electron chi connectivity index (χ3n) is 8.61. The lowest BCUT2D eigenvalue weighted by molar-refractivity contribution is 0.0599. The molecule has 1 N–H and O–H groups in total. The fourth-order valence-electron chi connectivity index (χ4n) is 6.12. The van der Waals surface area contributed by atoms with E-state index in [0.717, 1.165) is 93.0 Å².